The summed E-state index contributed by atoms with van der Waals surface area (Å²) in [6, 6.07) is 8.75. The molecule has 0 bridgehead atoms. The minimum Gasteiger partial charge on any atom is -0.366 e. The van der Waals surface area contributed by atoms with Crippen molar-refractivity contribution >= 4 is 5.82 Å². The van der Waals surface area contributed by atoms with Crippen LogP contribution in [0.5, 0.6) is 0 Å². The molecule has 0 atom stereocenters. The number of benzene rings is 1. The number of anilines is 1. The molecule has 2 nitrogen and oxygen atoms in total. The zero-order chi connectivity index (χ0) is 11.4. The van der Waals surface area contributed by atoms with Crippen LogP contribution in [0.25, 0.3) is 0 Å². The third-order valence-electron chi connectivity index (χ3n) is 2.13. The van der Waals surface area contributed by atoms with Crippen LogP contribution in [-0.4, -0.2) is 4.98 Å². The molecule has 1 heterocycles. The quantitative estimate of drug-likeness (QED) is 0.860. The van der Waals surface area contributed by atoms with Gasteiger partial charge in [0.2, 0.25) is 0 Å². The average Bonchev–Trinajstić information content (AvgIpc) is 2.32. The zero-order valence-electron chi connectivity index (χ0n) is 8.45. The number of nitrogens with one attached hydrogen (secondary N) is 1. The lowest BCUT2D eigenvalue weighted by Gasteiger charge is -2.06. The molecule has 2 rings (SSSR count). The highest BCUT2D eigenvalue weighted by molar-refractivity contribution is 5.35. The molecule has 0 unspecified atom stereocenters. The van der Waals surface area contributed by atoms with Gasteiger partial charge in [-0.25, -0.2) is 13.8 Å². The van der Waals surface area contributed by atoms with Gasteiger partial charge in [-0.05, 0) is 30.3 Å². The van der Waals surface area contributed by atoms with E-state index in [-0.39, 0.29) is 12.1 Å². The summed E-state index contributed by atoms with van der Waals surface area (Å²) in [5.74, 6) is -0.241. The normalized spacial score (nSPS) is 10.1. The molecule has 0 aliphatic carbocycles. The van der Waals surface area contributed by atoms with Gasteiger partial charge in [0.15, 0.2) is 0 Å². The van der Waals surface area contributed by atoms with Crippen molar-refractivity contribution in [3.63, 3.8) is 0 Å². The van der Waals surface area contributed by atoms with Crippen LogP contribution in [0.15, 0.2) is 42.6 Å². The Morgan fingerprint density at radius 3 is 2.75 bits per heavy atom. The van der Waals surface area contributed by atoms with Crippen LogP contribution in [0.2, 0.25) is 0 Å². The Balaban J connectivity index is 2.08. The van der Waals surface area contributed by atoms with Gasteiger partial charge in [0.05, 0.1) is 0 Å². The Labute approximate surface area is 92.0 Å². The summed E-state index contributed by atoms with van der Waals surface area (Å²) in [5.41, 5.74) is 0.283. The van der Waals surface area contributed by atoms with Gasteiger partial charge in [0, 0.05) is 18.3 Å². The molecule has 4 heteroatoms. The van der Waals surface area contributed by atoms with Gasteiger partial charge >= 0.3 is 0 Å². The summed E-state index contributed by atoms with van der Waals surface area (Å²) in [6.07, 6.45) is 1.63. The fraction of sp³-hybridized carbons (Fsp3) is 0.0833. The fourth-order valence-electron chi connectivity index (χ4n) is 1.33. The fourth-order valence-corrected chi connectivity index (χ4v) is 1.33. The molecule has 0 radical (unpaired) electrons. The molecule has 0 saturated heterocycles. The molecule has 16 heavy (non-hydrogen) atoms. The van der Waals surface area contributed by atoms with E-state index in [1.165, 1.54) is 6.07 Å². The van der Waals surface area contributed by atoms with E-state index < -0.39 is 11.6 Å². The van der Waals surface area contributed by atoms with Crippen LogP contribution in [0.3, 0.4) is 0 Å². The second-order valence-electron chi connectivity index (χ2n) is 3.30. The molecule has 0 aliphatic heterocycles. The second-order valence-corrected chi connectivity index (χ2v) is 3.30. The molecule has 1 aromatic carbocycles. The van der Waals surface area contributed by atoms with Crippen molar-refractivity contribution < 1.29 is 8.78 Å². The SMILES string of the molecule is Fc1ccc(F)c(CNc2ccccn2)c1. The standard InChI is InChI=1S/C12H10F2N2/c13-10-4-5-11(14)9(7-10)8-16-12-3-1-2-6-15-12/h1-7H,8H2,(H,15,16). The van der Waals surface area contributed by atoms with Crippen LogP contribution in [0.4, 0.5) is 14.6 Å². The van der Waals surface area contributed by atoms with Crippen molar-refractivity contribution in [2.75, 3.05) is 5.32 Å². The van der Waals surface area contributed by atoms with Crippen LogP contribution in [-0.2, 0) is 6.54 Å². The summed E-state index contributed by atoms with van der Waals surface area (Å²) in [7, 11) is 0. The Morgan fingerprint density at radius 1 is 1.12 bits per heavy atom. The number of pyridine rings is 1. The lowest BCUT2D eigenvalue weighted by atomic mass is 10.2. The maximum absolute atomic E-state index is 13.2. The Bertz CT molecular complexity index is 472. The number of hydrogen-bond donors (Lipinski definition) is 1. The predicted molar refractivity (Wildman–Crippen MR) is 57.9 cm³/mol. The smallest absolute Gasteiger partial charge is 0.128 e. The van der Waals surface area contributed by atoms with Crippen molar-refractivity contribution in [2.45, 2.75) is 6.54 Å². The van der Waals surface area contributed by atoms with E-state index in [9.17, 15) is 8.78 Å². The maximum Gasteiger partial charge on any atom is 0.128 e. The molecule has 1 aromatic heterocycles. The summed E-state index contributed by atoms with van der Waals surface area (Å²) < 4.78 is 26.1. The first-order chi connectivity index (χ1) is 7.75. The van der Waals surface area contributed by atoms with Crippen LogP contribution < -0.4 is 5.32 Å². The van der Waals surface area contributed by atoms with Gasteiger partial charge in [-0.2, -0.15) is 0 Å². The Hall–Kier alpha value is -1.97. The molecule has 0 aliphatic rings. The van der Waals surface area contributed by atoms with Gasteiger partial charge in [0.25, 0.3) is 0 Å². The van der Waals surface area contributed by atoms with Crippen molar-refractivity contribution in [1.29, 1.82) is 0 Å². The lowest BCUT2D eigenvalue weighted by Crippen LogP contribution is -2.03. The molecular weight excluding hydrogens is 210 g/mol. The number of halogens is 2. The van der Waals surface area contributed by atoms with E-state index in [1.54, 1.807) is 18.3 Å². The summed E-state index contributed by atoms with van der Waals surface area (Å²) >= 11 is 0. The number of aromatic nitrogens is 1. The van der Waals surface area contributed by atoms with E-state index in [0.717, 1.165) is 12.1 Å². The molecule has 0 spiro atoms. The van der Waals surface area contributed by atoms with Gasteiger partial charge in [-0.15, -0.1) is 0 Å². The first kappa shape index (κ1) is 10.5. The third kappa shape index (κ3) is 2.53. The minimum atomic E-state index is -0.445. The van der Waals surface area contributed by atoms with Gasteiger partial charge < -0.3 is 5.32 Å². The number of nitrogens with zero attached hydrogens (tertiary/aromatic N) is 1. The summed E-state index contributed by atoms with van der Waals surface area (Å²) in [4.78, 5) is 4.02. The van der Waals surface area contributed by atoms with Crippen LogP contribution in [0, 0.1) is 11.6 Å². The molecule has 2 aromatic rings. The zero-order valence-corrected chi connectivity index (χ0v) is 8.45. The highest BCUT2D eigenvalue weighted by Crippen LogP contribution is 2.11. The van der Waals surface area contributed by atoms with E-state index >= 15 is 0 Å². The molecule has 0 saturated carbocycles. The monoisotopic (exact) mass is 220 g/mol. The first-order valence-electron chi connectivity index (χ1n) is 4.84. The molecule has 82 valence electrons. The van der Waals surface area contributed by atoms with Crippen LogP contribution >= 0.6 is 0 Å². The second kappa shape index (κ2) is 4.70. The molecule has 0 amide bonds. The first-order valence-corrected chi connectivity index (χ1v) is 4.84. The number of rotatable bonds is 3. The van der Waals surface area contributed by atoms with E-state index in [2.05, 4.69) is 10.3 Å². The van der Waals surface area contributed by atoms with Crippen molar-refractivity contribution in [1.82, 2.24) is 4.98 Å². The Kier molecular flexibility index (Phi) is 3.10. The van der Waals surface area contributed by atoms with E-state index in [0.29, 0.717) is 5.82 Å². The topological polar surface area (TPSA) is 24.9 Å². The lowest BCUT2D eigenvalue weighted by molar-refractivity contribution is 0.587. The molecule has 0 fully saturated rings. The molecule has 1 N–H and O–H groups in total. The average molecular weight is 220 g/mol. The van der Waals surface area contributed by atoms with Gasteiger partial charge in [0.1, 0.15) is 17.5 Å². The van der Waals surface area contributed by atoms with E-state index in [4.69, 9.17) is 0 Å². The van der Waals surface area contributed by atoms with Crippen molar-refractivity contribution in [3.8, 4) is 0 Å². The van der Waals surface area contributed by atoms with Gasteiger partial charge in [-0.1, -0.05) is 6.07 Å². The van der Waals surface area contributed by atoms with E-state index in [1.807, 2.05) is 6.07 Å². The van der Waals surface area contributed by atoms with Crippen molar-refractivity contribution in [3.05, 3.63) is 59.8 Å². The van der Waals surface area contributed by atoms with Crippen molar-refractivity contribution in [2.24, 2.45) is 0 Å². The number of hydrogen-bond acceptors (Lipinski definition) is 2. The summed E-state index contributed by atoms with van der Waals surface area (Å²) in [6.45, 7) is 0.209. The summed E-state index contributed by atoms with van der Waals surface area (Å²) in [5, 5.41) is 2.91. The maximum atomic E-state index is 13.2. The highest BCUT2D eigenvalue weighted by Gasteiger charge is 2.03. The highest BCUT2D eigenvalue weighted by atomic mass is 19.1. The molecular formula is C12H10F2N2. The largest absolute Gasteiger partial charge is 0.366 e. The third-order valence-corrected chi connectivity index (χ3v) is 2.13. The predicted octanol–water partition coefficient (Wildman–Crippen LogP) is 2.97. The minimum absolute atomic E-state index is 0.209. The van der Waals surface area contributed by atoms with Gasteiger partial charge in [-0.3, -0.25) is 0 Å². The Morgan fingerprint density at radius 2 is 2.00 bits per heavy atom. The van der Waals surface area contributed by atoms with Crippen LogP contribution in [0.1, 0.15) is 5.56 Å².